The number of amides is 1. The van der Waals surface area contributed by atoms with E-state index in [4.69, 9.17) is 0 Å². The van der Waals surface area contributed by atoms with Crippen molar-refractivity contribution in [3.8, 4) is 0 Å². The summed E-state index contributed by atoms with van der Waals surface area (Å²) < 4.78 is 0. The minimum absolute atomic E-state index is 0.376. The lowest BCUT2D eigenvalue weighted by Crippen LogP contribution is -2.53. The lowest BCUT2D eigenvalue weighted by molar-refractivity contribution is -0.132. The Kier molecular flexibility index (Phi) is 52.7. The molecule has 384 valence electrons. The van der Waals surface area contributed by atoms with Gasteiger partial charge in [0.25, 0.3) is 0 Å². The average molecular weight is 909 g/mol. The summed E-state index contributed by atoms with van der Waals surface area (Å²) in [6.45, 7) is 4.10. The molecule has 0 aromatic carbocycles. The van der Waals surface area contributed by atoms with Gasteiger partial charge in [0, 0.05) is 0 Å². The number of rotatable bonds is 55. The van der Waals surface area contributed by atoms with Crippen molar-refractivity contribution < 1.29 is 25.2 Å². The Bertz CT molecular complexity index is 887. The Morgan fingerprint density at radius 3 is 0.750 bits per heavy atom. The van der Waals surface area contributed by atoms with E-state index in [1.54, 1.807) is 0 Å². The van der Waals surface area contributed by atoms with Gasteiger partial charge in [-0.2, -0.15) is 0 Å². The van der Waals surface area contributed by atoms with E-state index in [1.165, 1.54) is 270 Å². The molecule has 0 bridgehead atoms. The van der Waals surface area contributed by atoms with Gasteiger partial charge in [-0.25, -0.2) is 0 Å². The summed E-state index contributed by atoms with van der Waals surface area (Å²) in [5.41, 5.74) is 0. The molecule has 0 saturated heterocycles. The molecule has 1 amide bonds. The fraction of sp³-hybridized carbons (Fsp3) is 0.983. The maximum absolute atomic E-state index is 12.6. The number of aliphatic hydroxyl groups is 4. The Morgan fingerprint density at radius 2 is 0.531 bits per heavy atom. The van der Waals surface area contributed by atoms with Crippen LogP contribution in [0.5, 0.6) is 0 Å². The molecule has 6 nitrogen and oxygen atoms in total. The van der Waals surface area contributed by atoms with Crippen molar-refractivity contribution in [3.05, 3.63) is 0 Å². The molecule has 0 aliphatic rings. The maximum atomic E-state index is 12.6. The minimum Gasteiger partial charge on any atom is -0.394 e. The normalized spacial score (nSPS) is 13.7. The number of hydrogen-bond donors (Lipinski definition) is 5. The van der Waals surface area contributed by atoms with Gasteiger partial charge in [-0.3, -0.25) is 4.79 Å². The van der Waals surface area contributed by atoms with E-state index in [0.29, 0.717) is 12.8 Å². The number of carbonyl (C=O) groups excluding carboxylic acids is 1. The first-order valence-corrected chi connectivity index (χ1v) is 29.4. The largest absolute Gasteiger partial charge is 0.394 e. The van der Waals surface area contributed by atoms with E-state index in [9.17, 15) is 25.2 Å². The van der Waals surface area contributed by atoms with Crippen LogP contribution in [0.4, 0.5) is 0 Å². The molecule has 0 fully saturated rings. The van der Waals surface area contributed by atoms with Crippen LogP contribution in [0.25, 0.3) is 0 Å². The van der Waals surface area contributed by atoms with Gasteiger partial charge in [0.2, 0.25) is 5.91 Å². The van der Waals surface area contributed by atoms with E-state index in [1.807, 2.05) is 0 Å². The monoisotopic (exact) mass is 908 g/mol. The van der Waals surface area contributed by atoms with Gasteiger partial charge in [-0.05, 0) is 12.8 Å². The standard InChI is InChI=1S/C58H117NO5/c1-3-5-7-9-11-13-15-17-19-21-23-24-25-26-27-28-29-30-31-32-33-34-36-37-39-41-43-45-47-49-51-55(61)57(63)54(53-60)59-58(64)56(62)52-50-48-46-44-42-40-38-35-22-20-18-16-14-12-10-8-6-4-2/h54-57,60-63H,3-53H2,1-2H3,(H,59,64). The molecule has 0 aliphatic carbocycles. The van der Waals surface area contributed by atoms with E-state index >= 15 is 0 Å². The quantitative estimate of drug-likeness (QED) is 0.0391. The molecular formula is C58H117NO5. The van der Waals surface area contributed by atoms with Crippen LogP contribution in [0.15, 0.2) is 0 Å². The van der Waals surface area contributed by atoms with Crippen molar-refractivity contribution in [1.82, 2.24) is 5.32 Å². The highest BCUT2D eigenvalue weighted by Crippen LogP contribution is 2.19. The molecule has 64 heavy (non-hydrogen) atoms. The van der Waals surface area contributed by atoms with Crippen LogP contribution in [0.2, 0.25) is 0 Å². The maximum Gasteiger partial charge on any atom is 0.249 e. The predicted octanol–water partition coefficient (Wildman–Crippen LogP) is 17.1. The number of nitrogens with one attached hydrogen (secondary N) is 1. The molecule has 6 heteroatoms. The SMILES string of the molecule is CCCCCCCCCCCCCCCCCCCCCCCCCCCCCCCCC(O)C(O)C(CO)NC(=O)C(O)CCCCCCCCCCCCCCCCCCCC. The van der Waals surface area contributed by atoms with Crippen LogP contribution in [0.3, 0.4) is 0 Å². The molecular weight excluding hydrogens is 791 g/mol. The topological polar surface area (TPSA) is 110 Å². The van der Waals surface area contributed by atoms with Gasteiger partial charge in [0.1, 0.15) is 12.2 Å². The van der Waals surface area contributed by atoms with E-state index in [0.717, 1.165) is 38.5 Å². The number of aliphatic hydroxyl groups excluding tert-OH is 4. The van der Waals surface area contributed by atoms with Crippen LogP contribution >= 0.6 is 0 Å². The highest BCUT2D eigenvalue weighted by molar-refractivity contribution is 5.80. The second-order valence-corrected chi connectivity index (χ2v) is 20.7. The lowest BCUT2D eigenvalue weighted by atomic mass is 9.99. The molecule has 0 aromatic rings. The summed E-state index contributed by atoms with van der Waals surface area (Å²) in [5, 5.41) is 44.0. The van der Waals surface area contributed by atoms with Gasteiger partial charge in [-0.15, -0.1) is 0 Å². The molecule has 4 atom stereocenters. The Labute approximate surface area is 400 Å². The zero-order valence-electron chi connectivity index (χ0n) is 43.6. The molecule has 0 heterocycles. The first kappa shape index (κ1) is 63.3. The van der Waals surface area contributed by atoms with Crippen molar-refractivity contribution in [1.29, 1.82) is 0 Å². The molecule has 0 radical (unpaired) electrons. The van der Waals surface area contributed by atoms with Gasteiger partial charge < -0.3 is 25.7 Å². The van der Waals surface area contributed by atoms with Gasteiger partial charge in [-0.1, -0.05) is 322 Å². The molecule has 0 saturated carbocycles. The van der Waals surface area contributed by atoms with E-state index in [-0.39, 0.29) is 0 Å². The summed E-state index contributed by atoms with van der Waals surface area (Å²) in [6, 6.07) is -0.981. The Balaban J connectivity index is 3.54. The molecule has 0 spiro atoms. The fourth-order valence-corrected chi connectivity index (χ4v) is 9.70. The summed E-state index contributed by atoms with van der Waals surface area (Å²) in [7, 11) is 0. The van der Waals surface area contributed by atoms with Crippen molar-refractivity contribution in [2.24, 2.45) is 0 Å². The zero-order valence-corrected chi connectivity index (χ0v) is 43.6. The number of unbranched alkanes of at least 4 members (excludes halogenated alkanes) is 46. The van der Waals surface area contributed by atoms with E-state index < -0.39 is 36.9 Å². The Hall–Kier alpha value is -0.690. The van der Waals surface area contributed by atoms with Gasteiger partial charge in [0.05, 0.1) is 18.8 Å². The van der Waals surface area contributed by atoms with Crippen molar-refractivity contribution >= 4 is 5.91 Å². The summed E-state index contributed by atoms with van der Waals surface area (Å²) >= 11 is 0. The molecule has 0 rings (SSSR count). The Morgan fingerprint density at radius 1 is 0.328 bits per heavy atom. The van der Waals surface area contributed by atoms with Crippen LogP contribution in [0.1, 0.15) is 335 Å². The van der Waals surface area contributed by atoms with Crippen molar-refractivity contribution in [2.75, 3.05) is 6.61 Å². The molecule has 0 aromatic heterocycles. The number of carbonyl (C=O) groups is 1. The van der Waals surface area contributed by atoms with Crippen LogP contribution < -0.4 is 5.32 Å². The van der Waals surface area contributed by atoms with Gasteiger partial charge in [0.15, 0.2) is 0 Å². The molecule has 4 unspecified atom stereocenters. The number of hydrogen-bond acceptors (Lipinski definition) is 5. The van der Waals surface area contributed by atoms with Crippen molar-refractivity contribution in [2.45, 2.75) is 359 Å². The van der Waals surface area contributed by atoms with Gasteiger partial charge >= 0.3 is 0 Å². The summed E-state index contributed by atoms with van der Waals surface area (Å²) in [4.78, 5) is 12.6. The third kappa shape index (κ3) is 46.4. The second kappa shape index (κ2) is 53.3. The third-order valence-corrected chi connectivity index (χ3v) is 14.3. The highest BCUT2D eigenvalue weighted by Gasteiger charge is 2.28. The van der Waals surface area contributed by atoms with E-state index in [2.05, 4.69) is 19.2 Å². The zero-order chi connectivity index (χ0) is 46.7. The smallest absolute Gasteiger partial charge is 0.249 e. The first-order chi connectivity index (χ1) is 31.5. The summed E-state index contributed by atoms with van der Waals surface area (Å²) in [6.07, 6.45) is 61.8. The highest BCUT2D eigenvalue weighted by atomic mass is 16.3. The van der Waals surface area contributed by atoms with Crippen LogP contribution in [-0.2, 0) is 4.79 Å². The second-order valence-electron chi connectivity index (χ2n) is 20.7. The fourth-order valence-electron chi connectivity index (χ4n) is 9.70. The van der Waals surface area contributed by atoms with Crippen LogP contribution in [-0.4, -0.2) is 57.3 Å². The predicted molar refractivity (Wildman–Crippen MR) is 279 cm³/mol. The average Bonchev–Trinajstić information content (AvgIpc) is 3.30. The summed E-state index contributed by atoms with van der Waals surface area (Å²) in [5.74, 6) is -0.576. The molecule has 5 N–H and O–H groups in total. The van der Waals surface area contributed by atoms with Crippen LogP contribution in [0, 0.1) is 0 Å². The first-order valence-electron chi connectivity index (χ1n) is 29.4. The minimum atomic E-state index is -1.25. The lowest BCUT2D eigenvalue weighted by Gasteiger charge is -2.27. The third-order valence-electron chi connectivity index (χ3n) is 14.3. The molecule has 0 aliphatic heterocycles. The van der Waals surface area contributed by atoms with Crippen molar-refractivity contribution in [3.63, 3.8) is 0 Å².